The third-order valence-electron chi connectivity index (χ3n) is 4.72. The van der Waals surface area contributed by atoms with E-state index >= 15 is 0 Å². The molecular formula is C24H19ClN2O3. The molecule has 0 unspecified atom stereocenters. The predicted molar refractivity (Wildman–Crippen MR) is 117 cm³/mol. The van der Waals surface area contributed by atoms with Gasteiger partial charge in [0.05, 0.1) is 5.69 Å². The lowest BCUT2D eigenvalue weighted by molar-refractivity contribution is -0.115. The highest BCUT2D eigenvalue weighted by Crippen LogP contribution is 2.33. The minimum Gasteiger partial charge on any atom is -0.449 e. The Morgan fingerprint density at radius 1 is 1.07 bits per heavy atom. The molecule has 1 N–H and O–H groups in total. The highest BCUT2D eigenvalue weighted by molar-refractivity contribution is 6.32. The van der Waals surface area contributed by atoms with Crippen LogP contribution in [-0.2, 0) is 11.3 Å². The molecule has 0 saturated carbocycles. The highest BCUT2D eigenvalue weighted by Gasteiger charge is 2.24. The summed E-state index contributed by atoms with van der Waals surface area (Å²) < 4.78 is 5.76. The van der Waals surface area contributed by atoms with Gasteiger partial charge in [-0.3, -0.25) is 9.59 Å². The van der Waals surface area contributed by atoms with Gasteiger partial charge in [0.1, 0.15) is 0 Å². The van der Waals surface area contributed by atoms with Gasteiger partial charge in [-0.05, 0) is 41.5 Å². The summed E-state index contributed by atoms with van der Waals surface area (Å²) in [6.07, 6.45) is 1.59. The second kappa shape index (κ2) is 8.43. The monoisotopic (exact) mass is 418 g/mol. The van der Waals surface area contributed by atoms with Gasteiger partial charge in [-0.15, -0.1) is 0 Å². The van der Waals surface area contributed by atoms with Crippen LogP contribution in [0.5, 0.6) is 5.75 Å². The number of anilines is 1. The van der Waals surface area contributed by atoms with Crippen LogP contribution in [0.25, 0.3) is 6.08 Å². The smallest absolute Gasteiger partial charge is 0.291 e. The van der Waals surface area contributed by atoms with Gasteiger partial charge in [0.25, 0.3) is 11.8 Å². The third kappa shape index (κ3) is 4.21. The van der Waals surface area contributed by atoms with E-state index in [0.717, 1.165) is 5.56 Å². The van der Waals surface area contributed by atoms with E-state index in [1.54, 1.807) is 48.4 Å². The third-order valence-corrected chi connectivity index (χ3v) is 5.06. The van der Waals surface area contributed by atoms with Gasteiger partial charge in [-0.2, -0.15) is 0 Å². The van der Waals surface area contributed by atoms with Gasteiger partial charge < -0.3 is 15.0 Å². The van der Waals surface area contributed by atoms with E-state index in [9.17, 15) is 9.59 Å². The van der Waals surface area contributed by atoms with Gasteiger partial charge in [0, 0.05) is 24.2 Å². The molecule has 0 radical (unpaired) electrons. The van der Waals surface area contributed by atoms with Crippen LogP contribution in [0, 0.1) is 0 Å². The Kier molecular flexibility index (Phi) is 5.55. The summed E-state index contributed by atoms with van der Waals surface area (Å²) in [6, 6.07) is 21.9. The number of carbonyl (C=O) groups is 2. The first-order valence-corrected chi connectivity index (χ1v) is 9.78. The molecule has 0 aromatic heterocycles. The maximum Gasteiger partial charge on any atom is 0.291 e. The number of nitrogens with one attached hydrogen (secondary N) is 1. The fraction of sp³-hybridized carbons (Fsp3) is 0.0833. The molecule has 2 amide bonds. The van der Waals surface area contributed by atoms with Crippen LogP contribution in [0.1, 0.15) is 21.5 Å². The molecule has 0 spiro atoms. The van der Waals surface area contributed by atoms with E-state index < -0.39 is 5.91 Å². The maximum absolute atomic E-state index is 12.8. The molecule has 6 heteroatoms. The first-order chi connectivity index (χ1) is 14.5. The van der Waals surface area contributed by atoms with Gasteiger partial charge in [-0.1, -0.05) is 60.1 Å². The Morgan fingerprint density at radius 2 is 1.80 bits per heavy atom. The molecular weight excluding hydrogens is 400 g/mol. The summed E-state index contributed by atoms with van der Waals surface area (Å²) in [5.74, 6) is 0.0593. The van der Waals surface area contributed by atoms with Crippen molar-refractivity contribution in [2.45, 2.75) is 6.54 Å². The van der Waals surface area contributed by atoms with Crippen LogP contribution in [0.15, 0.2) is 78.6 Å². The molecule has 3 aromatic rings. The number of hydrogen-bond donors (Lipinski definition) is 1. The number of hydrogen-bond acceptors (Lipinski definition) is 3. The molecule has 0 aliphatic carbocycles. The minimum atomic E-state index is -0.398. The zero-order valence-corrected chi connectivity index (χ0v) is 17.0. The largest absolute Gasteiger partial charge is 0.449 e. The van der Waals surface area contributed by atoms with Crippen molar-refractivity contribution in [3.8, 4) is 5.75 Å². The van der Waals surface area contributed by atoms with Crippen LogP contribution in [0.3, 0.4) is 0 Å². The number of nitrogens with zero attached hydrogens (tertiary/aromatic N) is 1. The second-order valence-electron chi connectivity index (χ2n) is 6.94. The average molecular weight is 419 g/mol. The number of halogens is 1. The molecule has 0 fully saturated rings. The zero-order chi connectivity index (χ0) is 21.1. The van der Waals surface area contributed by atoms with E-state index in [4.69, 9.17) is 16.3 Å². The topological polar surface area (TPSA) is 58.6 Å². The SMILES string of the molecule is CN(Cc1ccccc1)C(=O)c1ccc2c(c1)NC(=O)/C(=C/c1ccccc1Cl)O2. The Bertz CT molecular complexity index is 1140. The van der Waals surface area contributed by atoms with Crippen molar-refractivity contribution in [1.29, 1.82) is 0 Å². The summed E-state index contributed by atoms with van der Waals surface area (Å²) in [5.41, 5.74) is 2.64. The van der Waals surface area contributed by atoms with E-state index in [1.165, 1.54) is 0 Å². The molecule has 1 aliphatic rings. The summed E-state index contributed by atoms with van der Waals surface area (Å²) in [5, 5.41) is 3.31. The second-order valence-corrected chi connectivity index (χ2v) is 7.35. The average Bonchev–Trinajstić information content (AvgIpc) is 2.75. The van der Waals surface area contributed by atoms with Crippen molar-refractivity contribution in [3.63, 3.8) is 0 Å². The molecule has 150 valence electrons. The van der Waals surface area contributed by atoms with Crippen LogP contribution >= 0.6 is 11.6 Å². The number of rotatable bonds is 4. The van der Waals surface area contributed by atoms with Gasteiger partial charge in [-0.25, -0.2) is 0 Å². The minimum absolute atomic E-state index is 0.135. The Morgan fingerprint density at radius 3 is 2.57 bits per heavy atom. The van der Waals surface area contributed by atoms with Crippen molar-refractivity contribution < 1.29 is 14.3 Å². The summed E-state index contributed by atoms with van der Waals surface area (Å²) in [4.78, 5) is 26.9. The van der Waals surface area contributed by atoms with Crippen molar-refractivity contribution >= 4 is 35.2 Å². The van der Waals surface area contributed by atoms with Gasteiger partial charge in [0.15, 0.2) is 11.5 Å². The Hall–Kier alpha value is -3.57. The van der Waals surface area contributed by atoms with Gasteiger partial charge >= 0.3 is 0 Å². The lowest BCUT2D eigenvalue weighted by atomic mass is 10.1. The van der Waals surface area contributed by atoms with Crippen LogP contribution < -0.4 is 10.1 Å². The molecule has 0 atom stereocenters. The molecule has 1 heterocycles. The predicted octanol–water partition coefficient (Wildman–Crippen LogP) is 4.98. The van der Waals surface area contributed by atoms with Crippen molar-refractivity contribution in [2.75, 3.05) is 12.4 Å². The van der Waals surface area contributed by atoms with Crippen molar-refractivity contribution in [1.82, 2.24) is 4.90 Å². The zero-order valence-electron chi connectivity index (χ0n) is 16.3. The van der Waals surface area contributed by atoms with E-state index in [-0.39, 0.29) is 11.7 Å². The fourth-order valence-electron chi connectivity index (χ4n) is 3.18. The molecule has 0 saturated heterocycles. The van der Waals surface area contributed by atoms with E-state index in [0.29, 0.717) is 34.1 Å². The normalized spacial score (nSPS) is 13.9. The van der Waals surface area contributed by atoms with Crippen molar-refractivity contribution in [3.05, 3.63) is 100 Å². The molecule has 5 nitrogen and oxygen atoms in total. The lowest BCUT2D eigenvalue weighted by Crippen LogP contribution is -2.27. The van der Waals surface area contributed by atoms with Crippen LogP contribution in [0.2, 0.25) is 5.02 Å². The summed E-state index contributed by atoms with van der Waals surface area (Å²) in [6.45, 7) is 0.490. The number of ether oxygens (including phenoxy) is 1. The number of amides is 2. The number of benzene rings is 3. The summed E-state index contributed by atoms with van der Waals surface area (Å²) in [7, 11) is 1.74. The number of carbonyl (C=O) groups excluding carboxylic acids is 2. The molecule has 30 heavy (non-hydrogen) atoms. The Balaban J connectivity index is 1.54. The van der Waals surface area contributed by atoms with E-state index in [1.807, 2.05) is 42.5 Å². The van der Waals surface area contributed by atoms with Crippen molar-refractivity contribution in [2.24, 2.45) is 0 Å². The van der Waals surface area contributed by atoms with E-state index in [2.05, 4.69) is 5.32 Å². The molecule has 0 bridgehead atoms. The Labute approximate surface area is 179 Å². The van der Waals surface area contributed by atoms with Crippen LogP contribution in [0.4, 0.5) is 5.69 Å². The summed E-state index contributed by atoms with van der Waals surface area (Å²) >= 11 is 6.16. The quantitative estimate of drug-likeness (QED) is 0.607. The molecule has 4 rings (SSSR count). The van der Waals surface area contributed by atoms with Crippen LogP contribution in [-0.4, -0.2) is 23.8 Å². The maximum atomic E-state index is 12.8. The fourth-order valence-corrected chi connectivity index (χ4v) is 3.37. The first kappa shape index (κ1) is 19.7. The molecule has 3 aromatic carbocycles. The standard InChI is InChI=1S/C24H19ClN2O3/c1-27(15-16-7-3-2-4-8-16)24(29)18-11-12-21-20(13-18)26-23(28)22(30-21)14-17-9-5-6-10-19(17)25/h2-14H,15H2,1H3,(H,26,28)/b22-14-. The molecule has 1 aliphatic heterocycles. The number of fused-ring (bicyclic) bond motifs is 1. The lowest BCUT2D eigenvalue weighted by Gasteiger charge is -2.22. The highest BCUT2D eigenvalue weighted by atomic mass is 35.5. The first-order valence-electron chi connectivity index (χ1n) is 9.40. The van der Waals surface area contributed by atoms with Gasteiger partial charge in [0.2, 0.25) is 0 Å².